The average molecular weight is 161 g/mol. The minimum absolute atomic E-state index is 0. The molecule has 0 atom stereocenters. The zero-order chi connectivity index (χ0) is 2.71. The Kier molecular flexibility index (Phi) is 148. The molecule has 38 valence electrons. The SMILES string of the molecule is Cl.Cl.O=CO.[CaH2]. The first-order valence-electron chi connectivity index (χ1n) is 0.494. The van der Waals surface area contributed by atoms with Crippen molar-refractivity contribution in [2.45, 2.75) is 0 Å². The van der Waals surface area contributed by atoms with Gasteiger partial charge in [-0.3, -0.25) is 4.79 Å². The summed E-state index contributed by atoms with van der Waals surface area (Å²) < 4.78 is 0. The van der Waals surface area contributed by atoms with Gasteiger partial charge >= 0.3 is 37.7 Å². The Hall–Kier alpha value is 1.31. The van der Waals surface area contributed by atoms with Crippen molar-refractivity contribution in [1.29, 1.82) is 0 Å². The van der Waals surface area contributed by atoms with Gasteiger partial charge in [0.15, 0.2) is 0 Å². The standard InChI is InChI=1S/CH2O2.Ca.2ClH.2H/c2-1-3;;;;;/h1H,(H,2,3);;2*1H;;. The van der Waals surface area contributed by atoms with Crippen LogP contribution in [0.4, 0.5) is 0 Å². The Morgan fingerprint density at radius 2 is 1.33 bits per heavy atom. The van der Waals surface area contributed by atoms with Gasteiger partial charge in [-0.25, -0.2) is 0 Å². The fourth-order valence-electron chi connectivity index (χ4n) is 0. The third-order valence-electron chi connectivity index (χ3n) is 0. The molecule has 0 radical (unpaired) electrons. The quantitative estimate of drug-likeness (QED) is 0.388. The molecule has 0 fully saturated rings. The maximum absolute atomic E-state index is 8.36. The molecular weight excluding hydrogens is 155 g/mol. The molecule has 0 aliphatic rings. The second-order valence-corrected chi connectivity index (χ2v) is 0.105. The van der Waals surface area contributed by atoms with Crippen LogP contribution >= 0.6 is 24.8 Å². The number of rotatable bonds is 0. The summed E-state index contributed by atoms with van der Waals surface area (Å²) in [4.78, 5) is 8.36. The van der Waals surface area contributed by atoms with Crippen molar-refractivity contribution < 1.29 is 9.90 Å². The summed E-state index contributed by atoms with van der Waals surface area (Å²) in [6.07, 6.45) is 0. The van der Waals surface area contributed by atoms with Crippen LogP contribution in [0, 0.1) is 0 Å². The summed E-state index contributed by atoms with van der Waals surface area (Å²) in [7, 11) is 0. The molecule has 0 heterocycles. The molecule has 0 unspecified atom stereocenters. The van der Waals surface area contributed by atoms with Crippen LogP contribution in [0.2, 0.25) is 0 Å². The second kappa shape index (κ2) is 33.3. The minimum atomic E-state index is -0.250. The van der Waals surface area contributed by atoms with Gasteiger partial charge in [-0.1, -0.05) is 0 Å². The predicted octanol–water partition coefficient (Wildman–Crippen LogP) is -0.372. The maximum atomic E-state index is 8.36. The zero-order valence-electron chi connectivity index (χ0n) is 2.25. The number of carbonyl (C=O) groups is 1. The van der Waals surface area contributed by atoms with Gasteiger partial charge in [0.05, 0.1) is 0 Å². The molecule has 0 amide bonds. The van der Waals surface area contributed by atoms with Crippen LogP contribution in [0.3, 0.4) is 0 Å². The molecule has 1 N–H and O–H groups in total. The summed E-state index contributed by atoms with van der Waals surface area (Å²) in [5, 5.41) is 6.89. The van der Waals surface area contributed by atoms with Crippen molar-refractivity contribution in [2.75, 3.05) is 0 Å². The van der Waals surface area contributed by atoms with Crippen LogP contribution in [0.15, 0.2) is 0 Å². The summed E-state index contributed by atoms with van der Waals surface area (Å²) >= 11 is 0. The van der Waals surface area contributed by atoms with Crippen LogP contribution in [-0.2, 0) is 4.79 Å². The third kappa shape index (κ3) is 57.5. The van der Waals surface area contributed by atoms with E-state index in [9.17, 15) is 0 Å². The van der Waals surface area contributed by atoms with Crippen LogP contribution in [0.1, 0.15) is 0 Å². The van der Waals surface area contributed by atoms with E-state index in [1.54, 1.807) is 0 Å². The Morgan fingerprint density at radius 3 is 1.33 bits per heavy atom. The number of carboxylic acid groups (broad SMARTS) is 1. The fourth-order valence-corrected chi connectivity index (χ4v) is 0. The van der Waals surface area contributed by atoms with E-state index in [1.165, 1.54) is 0 Å². The molecule has 0 rings (SSSR count). The normalized spacial score (nSPS) is 2.00. The van der Waals surface area contributed by atoms with Crippen molar-refractivity contribution >= 4 is 69.0 Å². The molecule has 0 aromatic rings. The molecule has 0 aliphatic heterocycles. The molecule has 0 aromatic carbocycles. The number of hydrogen-bond acceptors (Lipinski definition) is 1. The molecule has 0 aliphatic carbocycles. The summed E-state index contributed by atoms with van der Waals surface area (Å²) in [6.45, 7) is -0.250. The van der Waals surface area contributed by atoms with Gasteiger partial charge in [-0.15, -0.1) is 24.8 Å². The van der Waals surface area contributed by atoms with Crippen LogP contribution in [0.25, 0.3) is 0 Å². The fraction of sp³-hybridized carbons (Fsp3) is 0. The molecule has 0 aromatic heterocycles. The van der Waals surface area contributed by atoms with Gasteiger partial charge < -0.3 is 5.11 Å². The van der Waals surface area contributed by atoms with Crippen molar-refractivity contribution in [3.8, 4) is 0 Å². The Morgan fingerprint density at radius 1 is 1.33 bits per heavy atom. The first kappa shape index (κ1) is 26.6. The van der Waals surface area contributed by atoms with Crippen LogP contribution in [0.5, 0.6) is 0 Å². The van der Waals surface area contributed by atoms with E-state index in [0.717, 1.165) is 0 Å². The third-order valence-corrected chi connectivity index (χ3v) is 0. The van der Waals surface area contributed by atoms with Crippen LogP contribution in [-0.4, -0.2) is 49.3 Å². The number of hydrogen-bond donors (Lipinski definition) is 1. The summed E-state index contributed by atoms with van der Waals surface area (Å²) in [5.41, 5.74) is 0. The summed E-state index contributed by atoms with van der Waals surface area (Å²) in [6, 6.07) is 0. The van der Waals surface area contributed by atoms with Gasteiger partial charge in [-0.05, 0) is 0 Å². The van der Waals surface area contributed by atoms with E-state index in [-0.39, 0.29) is 69.0 Å². The van der Waals surface area contributed by atoms with E-state index in [4.69, 9.17) is 9.90 Å². The van der Waals surface area contributed by atoms with Crippen molar-refractivity contribution in [1.82, 2.24) is 0 Å². The van der Waals surface area contributed by atoms with E-state index in [2.05, 4.69) is 0 Å². The average Bonchev–Trinajstić information content (AvgIpc) is 0.918. The van der Waals surface area contributed by atoms with Crippen LogP contribution < -0.4 is 0 Å². The molecule has 2 nitrogen and oxygen atoms in total. The van der Waals surface area contributed by atoms with E-state index in [0.29, 0.717) is 0 Å². The van der Waals surface area contributed by atoms with E-state index >= 15 is 0 Å². The molecule has 6 heavy (non-hydrogen) atoms. The van der Waals surface area contributed by atoms with Gasteiger partial charge in [0, 0.05) is 0 Å². The van der Waals surface area contributed by atoms with Crippen molar-refractivity contribution in [3.63, 3.8) is 0 Å². The van der Waals surface area contributed by atoms with Crippen molar-refractivity contribution in [3.05, 3.63) is 0 Å². The van der Waals surface area contributed by atoms with E-state index in [1.807, 2.05) is 0 Å². The van der Waals surface area contributed by atoms with Gasteiger partial charge in [0.2, 0.25) is 0 Å². The van der Waals surface area contributed by atoms with Crippen molar-refractivity contribution in [2.24, 2.45) is 0 Å². The van der Waals surface area contributed by atoms with Gasteiger partial charge in [-0.2, -0.15) is 0 Å². The topological polar surface area (TPSA) is 37.3 Å². The monoisotopic (exact) mass is 160 g/mol. The summed E-state index contributed by atoms with van der Waals surface area (Å²) in [5.74, 6) is 0. The molecule has 0 saturated heterocycles. The molecular formula is CH6CaCl2O2. The first-order valence-corrected chi connectivity index (χ1v) is 0.494. The Balaban J connectivity index is -0.00000000667. The molecule has 0 bridgehead atoms. The molecule has 0 spiro atoms. The zero-order valence-corrected chi connectivity index (χ0v) is 3.88. The Labute approximate surface area is 78.1 Å². The molecule has 5 heteroatoms. The van der Waals surface area contributed by atoms with Gasteiger partial charge in [0.1, 0.15) is 0 Å². The number of halogens is 2. The first-order chi connectivity index (χ1) is 1.41. The second-order valence-electron chi connectivity index (χ2n) is 0.105. The molecule has 0 saturated carbocycles. The predicted molar refractivity (Wildman–Crippen MR) is 31.7 cm³/mol. The van der Waals surface area contributed by atoms with E-state index < -0.39 is 0 Å². The van der Waals surface area contributed by atoms with Gasteiger partial charge in [0.25, 0.3) is 6.47 Å². The Bertz CT molecular complexity index is 19.0.